The molecule has 43 heavy (non-hydrogen) atoms. The van der Waals surface area contributed by atoms with Crippen LogP contribution in [0.15, 0.2) is 90.0 Å². The fourth-order valence-electron chi connectivity index (χ4n) is 4.31. The summed E-state index contributed by atoms with van der Waals surface area (Å²) in [4.78, 5) is 12.5. The quantitative estimate of drug-likeness (QED) is 0.110. The maximum atomic E-state index is 12.5. The van der Waals surface area contributed by atoms with Crippen molar-refractivity contribution in [2.45, 2.75) is 46.3 Å². The highest BCUT2D eigenvalue weighted by Crippen LogP contribution is 2.37. The van der Waals surface area contributed by atoms with Gasteiger partial charge in [-0.25, -0.2) is 5.43 Å². The van der Waals surface area contributed by atoms with Gasteiger partial charge in [0.2, 0.25) is 0 Å². The highest BCUT2D eigenvalue weighted by atomic mass is 35.5. The van der Waals surface area contributed by atoms with Gasteiger partial charge >= 0.3 is 0 Å². The molecule has 0 radical (unpaired) electrons. The van der Waals surface area contributed by atoms with E-state index in [1.165, 1.54) is 18.9 Å². The molecule has 224 valence electrons. The number of amides is 1. The van der Waals surface area contributed by atoms with Gasteiger partial charge in [-0.05, 0) is 78.4 Å². The molecule has 0 fully saturated rings. The molecular formula is C35H37ClN2O5. The number of methoxy groups -OCH3 is 1. The number of nitrogens with zero attached hydrogens (tertiary/aromatic N) is 1. The fraction of sp³-hybridized carbons (Fsp3) is 0.257. The Labute approximate surface area is 258 Å². The number of hydrogen-bond donors (Lipinski definition) is 1. The monoisotopic (exact) mass is 600 g/mol. The van der Waals surface area contributed by atoms with Crippen LogP contribution in [0.5, 0.6) is 23.0 Å². The third-order valence-corrected chi connectivity index (χ3v) is 6.88. The van der Waals surface area contributed by atoms with Crippen molar-refractivity contribution in [2.75, 3.05) is 13.7 Å². The number of halogens is 1. The van der Waals surface area contributed by atoms with Crippen molar-refractivity contribution in [1.82, 2.24) is 5.43 Å². The van der Waals surface area contributed by atoms with Gasteiger partial charge in [-0.15, -0.1) is 0 Å². The minimum Gasteiger partial charge on any atom is -0.493 e. The lowest BCUT2D eigenvalue weighted by atomic mass is 10.1. The first-order valence-electron chi connectivity index (χ1n) is 14.4. The molecular weight excluding hydrogens is 564 g/mol. The van der Waals surface area contributed by atoms with Crippen LogP contribution in [-0.2, 0) is 19.6 Å². The van der Waals surface area contributed by atoms with Gasteiger partial charge in [0.05, 0.1) is 25.0 Å². The van der Waals surface area contributed by atoms with Crippen LogP contribution >= 0.6 is 11.6 Å². The van der Waals surface area contributed by atoms with E-state index in [1.54, 1.807) is 12.1 Å². The molecule has 0 bridgehead atoms. The molecule has 0 aliphatic rings. The molecule has 4 aromatic rings. The predicted octanol–water partition coefficient (Wildman–Crippen LogP) is 8.01. The zero-order chi connectivity index (χ0) is 30.4. The lowest BCUT2D eigenvalue weighted by Gasteiger charge is -2.16. The summed E-state index contributed by atoms with van der Waals surface area (Å²) in [5, 5.41) is 4.44. The Hall–Kier alpha value is -4.49. The van der Waals surface area contributed by atoms with E-state index in [0.29, 0.717) is 52.4 Å². The van der Waals surface area contributed by atoms with Crippen molar-refractivity contribution in [3.05, 3.63) is 118 Å². The number of rotatable bonds is 15. The van der Waals surface area contributed by atoms with Crippen molar-refractivity contribution < 1.29 is 23.7 Å². The van der Waals surface area contributed by atoms with Crippen LogP contribution in [0, 0.1) is 0 Å². The molecule has 0 aliphatic heterocycles. The molecule has 0 heterocycles. The highest BCUT2D eigenvalue weighted by Gasteiger charge is 2.14. The normalized spacial score (nSPS) is 10.9. The Morgan fingerprint density at radius 1 is 0.814 bits per heavy atom. The lowest BCUT2D eigenvalue weighted by Crippen LogP contribution is -2.17. The molecule has 4 aromatic carbocycles. The van der Waals surface area contributed by atoms with E-state index in [4.69, 9.17) is 30.5 Å². The first-order valence-corrected chi connectivity index (χ1v) is 14.7. The van der Waals surface area contributed by atoms with E-state index < -0.39 is 0 Å². The molecule has 0 spiro atoms. The topological polar surface area (TPSA) is 78.4 Å². The lowest BCUT2D eigenvalue weighted by molar-refractivity contribution is 0.0955. The van der Waals surface area contributed by atoms with Gasteiger partial charge in [0.15, 0.2) is 23.0 Å². The van der Waals surface area contributed by atoms with E-state index in [-0.39, 0.29) is 12.5 Å². The molecule has 1 N–H and O–H groups in total. The number of aryl methyl sites for hydroxylation is 1. The second-order valence-electron chi connectivity index (χ2n) is 9.81. The summed E-state index contributed by atoms with van der Waals surface area (Å²) >= 11 is 6.57. The third kappa shape index (κ3) is 9.25. The maximum absolute atomic E-state index is 12.5. The second kappa shape index (κ2) is 16.2. The van der Waals surface area contributed by atoms with Crippen molar-refractivity contribution in [2.24, 2.45) is 5.10 Å². The summed E-state index contributed by atoms with van der Waals surface area (Å²) in [5.41, 5.74) is 6.90. The van der Waals surface area contributed by atoms with Crippen LogP contribution in [0.2, 0.25) is 5.02 Å². The largest absolute Gasteiger partial charge is 0.493 e. The number of benzene rings is 4. The number of unbranched alkanes of at least 4 members (excludes halogenated alkanes) is 1. The summed E-state index contributed by atoms with van der Waals surface area (Å²) in [6.45, 7) is 5.26. The molecule has 4 rings (SSSR count). The fourth-order valence-corrected chi connectivity index (χ4v) is 4.58. The Bertz CT molecular complexity index is 1510. The molecule has 0 unspecified atom stereocenters. The summed E-state index contributed by atoms with van der Waals surface area (Å²) < 4.78 is 23.4. The number of nitrogens with one attached hydrogen (secondary N) is 1. The van der Waals surface area contributed by atoms with Crippen molar-refractivity contribution in [3.63, 3.8) is 0 Å². The van der Waals surface area contributed by atoms with Crippen LogP contribution in [0.25, 0.3) is 0 Å². The van der Waals surface area contributed by atoms with Gasteiger partial charge in [-0.3, -0.25) is 4.79 Å². The van der Waals surface area contributed by atoms with Crippen LogP contribution in [-0.4, -0.2) is 25.8 Å². The number of ether oxygens (including phenoxy) is 4. The number of hydrazone groups is 1. The first-order chi connectivity index (χ1) is 21.0. The third-order valence-electron chi connectivity index (χ3n) is 6.59. The average molecular weight is 601 g/mol. The number of carbonyl (C=O) groups is 1. The minimum absolute atomic E-state index is 0.232. The average Bonchev–Trinajstić information content (AvgIpc) is 3.03. The summed E-state index contributed by atoms with van der Waals surface area (Å²) in [7, 11) is 1.54. The predicted molar refractivity (Wildman–Crippen MR) is 171 cm³/mol. The van der Waals surface area contributed by atoms with Crippen molar-refractivity contribution in [1.29, 1.82) is 0 Å². The van der Waals surface area contributed by atoms with Gasteiger partial charge < -0.3 is 18.9 Å². The molecule has 7 nitrogen and oxygen atoms in total. The van der Waals surface area contributed by atoms with E-state index in [9.17, 15) is 4.79 Å². The Morgan fingerprint density at radius 3 is 2.28 bits per heavy atom. The van der Waals surface area contributed by atoms with Gasteiger partial charge in [-0.1, -0.05) is 73.5 Å². The van der Waals surface area contributed by atoms with Crippen LogP contribution in [0.4, 0.5) is 0 Å². The molecule has 0 saturated carbocycles. The molecule has 0 aliphatic carbocycles. The standard InChI is InChI=1S/C35H37ClN2O5/c1-4-6-10-25-13-16-29(17-14-25)35(39)38-37-22-28-19-30(36)34(33(21-28)40-3)43-24-27-15-18-31(32(20-27)41-5-2)42-23-26-11-8-7-9-12-26/h7-9,11-22H,4-6,10,23-24H2,1-3H3,(H,38,39)/b37-22+. The molecule has 8 heteroatoms. The van der Waals surface area contributed by atoms with E-state index in [2.05, 4.69) is 17.5 Å². The molecule has 0 atom stereocenters. The summed E-state index contributed by atoms with van der Waals surface area (Å²) in [6.07, 6.45) is 4.77. The van der Waals surface area contributed by atoms with Crippen LogP contribution in [0.3, 0.4) is 0 Å². The van der Waals surface area contributed by atoms with Gasteiger partial charge in [0, 0.05) is 5.56 Å². The Morgan fingerprint density at radius 2 is 1.56 bits per heavy atom. The van der Waals surface area contributed by atoms with Crippen molar-refractivity contribution >= 4 is 23.7 Å². The zero-order valence-electron chi connectivity index (χ0n) is 24.8. The highest BCUT2D eigenvalue weighted by molar-refractivity contribution is 6.32. The van der Waals surface area contributed by atoms with E-state index >= 15 is 0 Å². The minimum atomic E-state index is -0.292. The van der Waals surface area contributed by atoms with Crippen molar-refractivity contribution in [3.8, 4) is 23.0 Å². The van der Waals surface area contributed by atoms with Crippen LogP contribution < -0.4 is 24.4 Å². The van der Waals surface area contributed by atoms with Gasteiger partial charge in [0.1, 0.15) is 13.2 Å². The summed E-state index contributed by atoms with van der Waals surface area (Å²) in [5.74, 6) is 1.84. The second-order valence-corrected chi connectivity index (χ2v) is 10.2. The molecule has 1 amide bonds. The molecule has 0 saturated heterocycles. The van der Waals surface area contributed by atoms with Crippen LogP contribution in [0.1, 0.15) is 59.3 Å². The van der Waals surface area contributed by atoms with E-state index in [0.717, 1.165) is 30.4 Å². The first kappa shape index (κ1) is 31.4. The number of carbonyl (C=O) groups excluding carboxylic acids is 1. The van der Waals surface area contributed by atoms with Gasteiger partial charge in [0.25, 0.3) is 5.91 Å². The number of hydrogen-bond acceptors (Lipinski definition) is 6. The smallest absolute Gasteiger partial charge is 0.271 e. The van der Waals surface area contributed by atoms with E-state index in [1.807, 2.05) is 79.7 Å². The Balaban J connectivity index is 1.38. The maximum Gasteiger partial charge on any atom is 0.271 e. The summed E-state index contributed by atoms with van der Waals surface area (Å²) in [6, 6.07) is 26.7. The SMILES string of the molecule is CCCCc1ccc(C(=O)N/N=C/c2cc(Cl)c(OCc3ccc(OCc4ccccc4)c(OCC)c3)c(OC)c2)cc1. The molecule has 0 aromatic heterocycles. The van der Waals surface area contributed by atoms with Gasteiger partial charge in [-0.2, -0.15) is 5.10 Å². The zero-order valence-corrected chi connectivity index (χ0v) is 25.5. The Kier molecular flexibility index (Phi) is 11.9.